The van der Waals surface area contributed by atoms with Crippen LogP contribution in [0.3, 0.4) is 0 Å². The number of imidazole rings is 1. The lowest BCUT2D eigenvalue weighted by Gasteiger charge is -2.18. The Kier molecular flexibility index (Phi) is 8.40. The molecule has 0 aliphatic heterocycles. The van der Waals surface area contributed by atoms with Gasteiger partial charge in [-0.25, -0.2) is 4.98 Å². The zero-order valence-corrected chi connectivity index (χ0v) is 19.2. The van der Waals surface area contributed by atoms with Crippen molar-refractivity contribution in [2.75, 3.05) is 6.61 Å². The molecule has 4 rings (SSSR count). The molecule has 0 fully saturated rings. The summed E-state index contributed by atoms with van der Waals surface area (Å²) >= 11 is 0. The molecule has 7 heteroatoms. The second-order valence-corrected chi connectivity index (χ2v) is 8.08. The Morgan fingerprint density at radius 2 is 1.57 bits per heavy atom. The maximum Gasteiger partial charge on any atom is 0.226 e. The Labute approximate surface area is 204 Å². The first-order chi connectivity index (χ1) is 17.2. The molecule has 1 atom stereocenters. The Morgan fingerprint density at radius 1 is 0.857 bits per heavy atom. The predicted octanol–water partition coefficient (Wildman–Crippen LogP) is 4.26. The summed E-state index contributed by atoms with van der Waals surface area (Å²) in [6.07, 6.45) is 3.33. The highest BCUT2D eigenvalue weighted by Crippen LogP contribution is 2.22. The second kappa shape index (κ2) is 12.3. The Balaban J connectivity index is 1.40. The summed E-state index contributed by atoms with van der Waals surface area (Å²) < 4.78 is 11.7. The third kappa shape index (κ3) is 7.65. The van der Waals surface area contributed by atoms with Crippen molar-refractivity contribution >= 4 is 11.7 Å². The second-order valence-electron chi connectivity index (χ2n) is 8.08. The average molecular weight is 470 g/mol. The van der Waals surface area contributed by atoms with Crippen LogP contribution in [0.25, 0.3) is 0 Å². The molecule has 2 N–H and O–H groups in total. The van der Waals surface area contributed by atoms with Gasteiger partial charge in [0.1, 0.15) is 17.5 Å². The van der Waals surface area contributed by atoms with Gasteiger partial charge in [-0.05, 0) is 35.4 Å². The van der Waals surface area contributed by atoms with Crippen LogP contribution >= 0.6 is 0 Å². The van der Waals surface area contributed by atoms with Crippen LogP contribution < -0.4 is 10.1 Å². The number of carbonyl (C=O) groups excluding carboxylic acids is 2. The fraction of sp³-hybridized carbons (Fsp3) is 0.179. The number of benzene rings is 3. The van der Waals surface area contributed by atoms with E-state index in [9.17, 15) is 9.59 Å². The number of nitrogens with zero attached hydrogens (tertiary/aromatic N) is 1. The van der Waals surface area contributed by atoms with Crippen LogP contribution in [0.4, 0.5) is 0 Å². The molecule has 0 unspecified atom stereocenters. The van der Waals surface area contributed by atoms with Gasteiger partial charge in [-0.2, -0.15) is 0 Å². The standard InChI is InChI=1S/C28H27N3O4/c32-27(15-22-10-7-13-25(14-22)35-24-11-5-2-6-12-24)26(19-34-18-21-8-3-1-4-9-21)31-28(33)16-23-17-29-20-30-23/h1-14,17,20,26H,15-16,18-19H2,(H,29,30)(H,31,33)/t26-/m0/s1. The zero-order chi connectivity index (χ0) is 24.3. The van der Waals surface area contributed by atoms with Crippen molar-refractivity contribution in [3.05, 3.63) is 114 Å². The Morgan fingerprint density at radius 3 is 2.31 bits per heavy atom. The maximum atomic E-state index is 13.2. The van der Waals surface area contributed by atoms with E-state index in [1.54, 1.807) is 6.20 Å². The fourth-order valence-corrected chi connectivity index (χ4v) is 3.55. The molecule has 0 saturated carbocycles. The summed E-state index contributed by atoms with van der Waals surface area (Å²) in [6, 6.07) is 25.7. The van der Waals surface area contributed by atoms with E-state index in [0.29, 0.717) is 23.8 Å². The van der Waals surface area contributed by atoms with Gasteiger partial charge in [-0.15, -0.1) is 0 Å². The van der Waals surface area contributed by atoms with Crippen molar-refractivity contribution in [2.45, 2.75) is 25.5 Å². The first-order valence-electron chi connectivity index (χ1n) is 11.4. The van der Waals surface area contributed by atoms with Gasteiger partial charge in [-0.1, -0.05) is 60.7 Å². The van der Waals surface area contributed by atoms with Gasteiger partial charge in [0.25, 0.3) is 0 Å². The van der Waals surface area contributed by atoms with Gasteiger partial charge in [-0.3, -0.25) is 9.59 Å². The smallest absolute Gasteiger partial charge is 0.226 e. The number of nitrogens with one attached hydrogen (secondary N) is 2. The summed E-state index contributed by atoms with van der Waals surface area (Å²) in [7, 11) is 0. The number of aromatic nitrogens is 2. The topological polar surface area (TPSA) is 93.3 Å². The lowest BCUT2D eigenvalue weighted by Crippen LogP contribution is -2.45. The molecule has 35 heavy (non-hydrogen) atoms. The molecule has 1 amide bonds. The van der Waals surface area contributed by atoms with Gasteiger partial charge >= 0.3 is 0 Å². The zero-order valence-electron chi connectivity index (χ0n) is 19.2. The molecule has 0 radical (unpaired) electrons. The fourth-order valence-electron chi connectivity index (χ4n) is 3.55. The summed E-state index contributed by atoms with van der Waals surface area (Å²) in [5.41, 5.74) is 2.46. The number of ketones is 1. The lowest BCUT2D eigenvalue weighted by atomic mass is 10.0. The SMILES string of the molecule is O=C(Cc1cnc[nH]1)N[C@@H](COCc1ccccc1)C(=O)Cc1cccc(Oc2ccccc2)c1. The van der Waals surface area contributed by atoms with Crippen LogP contribution in [-0.4, -0.2) is 34.3 Å². The predicted molar refractivity (Wildman–Crippen MR) is 132 cm³/mol. The quantitative estimate of drug-likeness (QED) is 0.323. The van der Waals surface area contributed by atoms with E-state index in [1.807, 2.05) is 84.9 Å². The van der Waals surface area contributed by atoms with Crippen LogP contribution in [0, 0.1) is 0 Å². The van der Waals surface area contributed by atoms with Crippen LogP contribution in [0.5, 0.6) is 11.5 Å². The summed E-state index contributed by atoms with van der Waals surface area (Å²) in [4.78, 5) is 32.6. The molecule has 1 aromatic heterocycles. The summed E-state index contributed by atoms with van der Waals surface area (Å²) in [5, 5.41) is 2.82. The van der Waals surface area contributed by atoms with Crippen molar-refractivity contribution in [1.29, 1.82) is 0 Å². The number of carbonyl (C=O) groups is 2. The van der Waals surface area contributed by atoms with Crippen molar-refractivity contribution < 1.29 is 19.1 Å². The molecule has 1 heterocycles. The van der Waals surface area contributed by atoms with Crippen LogP contribution in [0.1, 0.15) is 16.8 Å². The number of hydrogen-bond donors (Lipinski definition) is 2. The highest BCUT2D eigenvalue weighted by molar-refractivity contribution is 5.91. The molecule has 0 spiro atoms. The lowest BCUT2D eigenvalue weighted by molar-refractivity contribution is -0.128. The number of ether oxygens (including phenoxy) is 2. The monoisotopic (exact) mass is 469 g/mol. The average Bonchev–Trinajstić information content (AvgIpc) is 3.38. The van der Waals surface area contributed by atoms with Crippen LogP contribution in [-0.2, 0) is 33.8 Å². The molecule has 0 aliphatic rings. The minimum Gasteiger partial charge on any atom is -0.457 e. The number of amides is 1. The van der Waals surface area contributed by atoms with Crippen molar-refractivity contribution in [2.24, 2.45) is 0 Å². The molecule has 178 valence electrons. The van der Waals surface area contributed by atoms with Crippen molar-refractivity contribution in [1.82, 2.24) is 15.3 Å². The minimum atomic E-state index is -0.784. The van der Waals surface area contributed by atoms with Gasteiger partial charge in [0.15, 0.2) is 5.78 Å². The van der Waals surface area contributed by atoms with E-state index < -0.39 is 6.04 Å². The van der Waals surface area contributed by atoms with Crippen molar-refractivity contribution in [3.8, 4) is 11.5 Å². The van der Waals surface area contributed by atoms with E-state index in [-0.39, 0.29) is 31.1 Å². The Hall–Kier alpha value is -4.23. The van der Waals surface area contributed by atoms with E-state index in [4.69, 9.17) is 9.47 Å². The Bertz CT molecular complexity index is 1210. The summed E-state index contributed by atoms with van der Waals surface area (Å²) in [5.74, 6) is 0.931. The van der Waals surface area contributed by atoms with Crippen LogP contribution in [0.15, 0.2) is 97.5 Å². The molecule has 4 aromatic rings. The molecule has 0 bridgehead atoms. The number of aromatic amines is 1. The highest BCUT2D eigenvalue weighted by atomic mass is 16.5. The number of para-hydroxylation sites is 1. The third-order valence-corrected chi connectivity index (χ3v) is 5.28. The molecular formula is C28H27N3O4. The van der Waals surface area contributed by atoms with E-state index in [0.717, 1.165) is 11.1 Å². The maximum absolute atomic E-state index is 13.2. The summed E-state index contributed by atoms with van der Waals surface area (Å²) in [6.45, 7) is 0.421. The van der Waals surface area contributed by atoms with Gasteiger partial charge in [0.2, 0.25) is 5.91 Å². The molecular weight excluding hydrogens is 442 g/mol. The van der Waals surface area contributed by atoms with Crippen molar-refractivity contribution in [3.63, 3.8) is 0 Å². The first-order valence-corrected chi connectivity index (χ1v) is 11.4. The van der Waals surface area contributed by atoms with E-state index in [1.165, 1.54) is 6.33 Å². The van der Waals surface area contributed by atoms with Gasteiger partial charge in [0, 0.05) is 18.3 Å². The number of rotatable bonds is 12. The molecule has 0 saturated heterocycles. The molecule has 3 aromatic carbocycles. The van der Waals surface area contributed by atoms with Gasteiger partial charge < -0.3 is 19.8 Å². The van der Waals surface area contributed by atoms with Gasteiger partial charge in [0.05, 0.1) is 26.0 Å². The number of Topliss-reactive ketones (excluding diaryl/α,β-unsaturated/α-hetero) is 1. The number of H-pyrrole nitrogens is 1. The number of hydrogen-bond acceptors (Lipinski definition) is 5. The van der Waals surface area contributed by atoms with E-state index >= 15 is 0 Å². The highest BCUT2D eigenvalue weighted by Gasteiger charge is 2.22. The third-order valence-electron chi connectivity index (χ3n) is 5.28. The minimum absolute atomic E-state index is 0.0721. The first kappa shape index (κ1) is 23.9. The van der Waals surface area contributed by atoms with Crippen LogP contribution in [0.2, 0.25) is 0 Å². The van der Waals surface area contributed by atoms with E-state index in [2.05, 4.69) is 15.3 Å². The largest absolute Gasteiger partial charge is 0.457 e. The normalized spacial score (nSPS) is 11.5. The molecule has 0 aliphatic carbocycles. The molecule has 7 nitrogen and oxygen atoms in total.